The first-order chi connectivity index (χ1) is 15.5. The van der Waals surface area contributed by atoms with E-state index < -0.39 is 37.5 Å². The van der Waals surface area contributed by atoms with Gasteiger partial charge in [-0.2, -0.15) is 0 Å². The Labute approximate surface area is 190 Å². The molecule has 2 N–H and O–H groups in total. The number of sulfone groups is 1. The van der Waals surface area contributed by atoms with Crippen molar-refractivity contribution >= 4 is 27.6 Å². The van der Waals surface area contributed by atoms with E-state index in [1.54, 1.807) is 0 Å². The maximum absolute atomic E-state index is 15.0. The molecule has 7 nitrogen and oxygen atoms in total. The summed E-state index contributed by atoms with van der Waals surface area (Å²) in [5, 5.41) is 0. The standard InChI is InChI=1S/C23H21F2N3O4S/c1-4-23(13-33(29,30)22(2,3)21(26)28-23)15-9-14(5-6-16(15)24)10-17(25)18-11-19-20(12-27-18)32-8-7-31-19/h1,5-6,9-12H,7-8,13H2,2-3H3,(H2,26,28)/b17-10-/t23-/m0/s1. The summed E-state index contributed by atoms with van der Waals surface area (Å²) in [5.41, 5.74) is 4.07. The Balaban J connectivity index is 1.77. The number of aromatic nitrogens is 1. The van der Waals surface area contributed by atoms with Gasteiger partial charge >= 0.3 is 0 Å². The van der Waals surface area contributed by atoms with E-state index in [4.69, 9.17) is 21.6 Å². The van der Waals surface area contributed by atoms with Crippen molar-refractivity contribution in [2.45, 2.75) is 24.1 Å². The van der Waals surface area contributed by atoms with Crippen LogP contribution in [0.3, 0.4) is 0 Å². The normalized spacial score (nSPS) is 23.4. The highest BCUT2D eigenvalue weighted by molar-refractivity contribution is 7.93. The predicted molar refractivity (Wildman–Crippen MR) is 121 cm³/mol. The molecule has 10 heteroatoms. The van der Waals surface area contributed by atoms with Crippen molar-refractivity contribution in [1.82, 2.24) is 4.98 Å². The molecule has 0 bridgehead atoms. The highest BCUT2D eigenvalue weighted by Gasteiger charge is 2.51. The molecule has 2 aliphatic heterocycles. The minimum absolute atomic E-state index is 0.0129. The highest BCUT2D eigenvalue weighted by atomic mass is 32.2. The Hall–Kier alpha value is -3.45. The summed E-state index contributed by atoms with van der Waals surface area (Å²) in [6, 6.07) is 5.06. The molecule has 172 valence electrons. The number of amidine groups is 1. The summed E-state index contributed by atoms with van der Waals surface area (Å²) < 4.78 is 64.9. The van der Waals surface area contributed by atoms with Gasteiger partial charge in [0.15, 0.2) is 26.9 Å². The Morgan fingerprint density at radius 2 is 1.94 bits per heavy atom. The SMILES string of the molecule is C#C[C@@]1(c2cc(/C=C(\F)c3cc4c(cn3)OCCO4)ccc2F)CS(=O)(=O)C(C)(C)C(N)=N1. The predicted octanol–water partition coefficient (Wildman–Crippen LogP) is 2.85. The van der Waals surface area contributed by atoms with Gasteiger partial charge in [0.1, 0.15) is 41.1 Å². The lowest BCUT2D eigenvalue weighted by atomic mass is 9.90. The summed E-state index contributed by atoms with van der Waals surface area (Å²) in [7, 11) is -3.87. The molecule has 0 spiro atoms. The monoisotopic (exact) mass is 473 g/mol. The minimum Gasteiger partial charge on any atom is -0.486 e. The summed E-state index contributed by atoms with van der Waals surface area (Å²) >= 11 is 0. The van der Waals surface area contributed by atoms with E-state index in [0.717, 1.165) is 12.1 Å². The Kier molecular flexibility index (Phi) is 5.41. The molecule has 2 aliphatic rings. The van der Waals surface area contributed by atoms with Gasteiger partial charge in [0.2, 0.25) is 0 Å². The van der Waals surface area contributed by atoms with E-state index in [-0.39, 0.29) is 22.7 Å². The van der Waals surface area contributed by atoms with Gasteiger partial charge < -0.3 is 15.2 Å². The second-order valence-electron chi connectivity index (χ2n) is 8.22. The zero-order valence-corrected chi connectivity index (χ0v) is 18.7. The second kappa shape index (κ2) is 7.85. The van der Waals surface area contributed by atoms with E-state index in [1.807, 2.05) is 0 Å². The van der Waals surface area contributed by atoms with Crippen LogP contribution in [-0.4, -0.2) is 43.0 Å². The van der Waals surface area contributed by atoms with Crippen molar-refractivity contribution in [3.8, 4) is 23.8 Å². The lowest BCUT2D eigenvalue weighted by Gasteiger charge is -2.37. The fraction of sp³-hybridized carbons (Fsp3) is 0.304. The molecule has 2 aromatic rings. The number of benzene rings is 1. The molecule has 0 fully saturated rings. The van der Waals surface area contributed by atoms with Crippen molar-refractivity contribution in [1.29, 1.82) is 0 Å². The minimum atomic E-state index is -3.87. The van der Waals surface area contributed by atoms with Crippen LogP contribution < -0.4 is 15.2 Å². The number of fused-ring (bicyclic) bond motifs is 1. The van der Waals surface area contributed by atoms with Crippen LogP contribution in [0, 0.1) is 18.2 Å². The number of terminal acetylenes is 1. The third-order valence-electron chi connectivity index (χ3n) is 5.75. The van der Waals surface area contributed by atoms with Crippen LogP contribution in [-0.2, 0) is 15.4 Å². The zero-order chi connectivity index (χ0) is 24.0. The lowest BCUT2D eigenvalue weighted by molar-refractivity contribution is 0.170. The van der Waals surface area contributed by atoms with Crippen LogP contribution in [0.2, 0.25) is 0 Å². The van der Waals surface area contributed by atoms with Gasteiger partial charge in [-0.25, -0.2) is 27.2 Å². The maximum Gasteiger partial charge on any atom is 0.179 e. The molecule has 1 aromatic heterocycles. The van der Waals surface area contributed by atoms with Gasteiger partial charge in [-0.15, -0.1) is 6.42 Å². The van der Waals surface area contributed by atoms with E-state index in [0.29, 0.717) is 24.7 Å². The topological polar surface area (TPSA) is 104 Å². The smallest absolute Gasteiger partial charge is 0.179 e. The number of halogens is 2. The number of aliphatic imine (C=N–C) groups is 1. The molecule has 0 radical (unpaired) electrons. The Morgan fingerprint density at radius 3 is 2.61 bits per heavy atom. The van der Waals surface area contributed by atoms with Gasteiger partial charge in [0.05, 0.1) is 11.9 Å². The molecule has 0 aliphatic carbocycles. The first-order valence-electron chi connectivity index (χ1n) is 9.98. The van der Waals surface area contributed by atoms with Crippen LogP contribution in [0.5, 0.6) is 11.5 Å². The molecule has 1 atom stereocenters. The van der Waals surface area contributed by atoms with Crippen molar-refractivity contribution in [2.75, 3.05) is 19.0 Å². The third kappa shape index (κ3) is 3.82. The van der Waals surface area contributed by atoms with E-state index >= 15 is 0 Å². The molecule has 0 unspecified atom stereocenters. The number of nitrogens with two attached hydrogens (primary N) is 1. The van der Waals surface area contributed by atoms with Crippen molar-refractivity contribution < 1.29 is 26.7 Å². The molecule has 33 heavy (non-hydrogen) atoms. The first kappa shape index (κ1) is 22.7. The number of rotatable bonds is 3. The molecule has 0 saturated carbocycles. The average molecular weight is 474 g/mol. The van der Waals surface area contributed by atoms with Gasteiger partial charge in [0, 0.05) is 11.6 Å². The van der Waals surface area contributed by atoms with Gasteiger partial charge in [0.25, 0.3) is 0 Å². The number of hydrogen-bond acceptors (Lipinski definition) is 7. The molecule has 1 aromatic carbocycles. The van der Waals surface area contributed by atoms with Gasteiger partial charge in [-0.05, 0) is 37.6 Å². The van der Waals surface area contributed by atoms with Crippen molar-refractivity contribution in [2.24, 2.45) is 10.7 Å². The molecule has 3 heterocycles. The Morgan fingerprint density at radius 1 is 1.24 bits per heavy atom. The average Bonchev–Trinajstić information content (AvgIpc) is 2.78. The van der Waals surface area contributed by atoms with Crippen molar-refractivity contribution in [3.05, 3.63) is 53.1 Å². The van der Waals surface area contributed by atoms with Gasteiger partial charge in [-0.3, -0.25) is 0 Å². The summed E-state index contributed by atoms with van der Waals surface area (Å²) in [6.07, 6.45) is 8.13. The van der Waals surface area contributed by atoms with E-state index in [2.05, 4.69) is 15.9 Å². The molecular weight excluding hydrogens is 452 g/mol. The fourth-order valence-corrected chi connectivity index (χ4v) is 5.10. The zero-order valence-electron chi connectivity index (χ0n) is 17.9. The van der Waals surface area contributed by atoms with E-state index in [9.17, 15) is 17.2 Å². The molecule has 4 rings (SSSR count). The second-order valence-corrected chi connectivity index (χ2v) is 10.8. The number of ether oxygens (including phenoxy) is 2. The summed E-state index contributed by atoms with van der Waals surface area (Å²) in [6.45, 7) is 3.53. The third-order valence-corrected chi connectivity index (χ3v) is 8.31. The number of hydrogen-bond donors (Lipinski definition) is 1. The Bertz CT molecular complexity index is 1350. The van der Waals surface area contributed by atoms with Crippen LogP contribution in [0.1, 0.15) is 30.7 Å². The van der Waals surface area contributed by atoms with Gasteiger partial charge in [-0.1, -0.05) is 12.0 Å². The first-order valence-corrected chi connectivity index (χ1v) is 11.6. The summed E-state index contributed by atoms with van der Waals surface area (Å²) in [5.74, 6) is 0.707. The fourth-order valence-electron chi connectivity index (χ4n) is 3.53. The van der Waals surface area contributed by atoms with Crippen molar-refractivity contribution in [3.63, 3.8) is 0 Å². The van der Waals surface area contributed by atoms with Crippen LogP contribution in [0.25, 0.3) is 11.9 Å². The van der Waals surface area contributed by atoms with Crippen LogP contribution in [0.4, 0.5) is 8.78 Å². The molecule has 0 amide bonds. The molecule has 0 saturated heterocycles. The molecular formula is C23H21F2N3O4S. The number of pyridine rings is 1. The largest absolute Gasteiger partial charge is 0.486 e. The van der Waals surface area contributed by atoms with Crippen LogP contribution >= 0.6 is 0 Å². The van der Waals surface area contributed by atoms with E-state index in [1.165, 1.54) is 38.2 Å². The highest BCUT2D eigenvalue weighted by Crippen LogP contribution is 2.38. The lowest BCUT2D eigenvalue weighted by Crippen LogP contribution is -2.55. The summed E-state index contributed by atoms with van der Waals surface area (Å²) in [4.78, 5) is 8.24. The van der Waals surface area contributed by atoms with Crippen LogP contribution in [0.15, 0.2) is 35.5 Å². The number of nitrogens with zero attached hydrogens (tertiary/aromatic N) is 2. The quantitative estimate of drug-likeness (QED) is 0.688. The maximum atomic E-state index is 15.0.